The van der Waals surface area contributed by atoms with Crippen LogP contribution in [-0.2, 0) is 14.8 Å². The van der Waals surface area contributed by atoms with Gasteiger partial charge in [-0.1, -0.05) is 38.1 Å². The molecule has 0 fully saturated rings. The van der Waals surface area contributed by atoms with Crippen molar-refractivity contribution in [2.24, 2.45) is 0 Å². The average molecular weight is 487 g/mol. The third-order valence-electron chi connectivity index (χ3n) is 5.21. The van der Waals surface area contributed by atoms with E-state index in [2.05, 4.69) is 19.2 Å². The SMILES string of the molecule is COc1ccc(S(=O)(=O)N(CC(=O)Nc2ccc(C(C)C)cc2)c2ccccc2F)cc1OC. The first-order valence-corrected chi connectivity index (χ1v) is 12.0. The highest BCUT2D eigenvalue weighted by atomic mass is 32.2. The molecule has 180 valence electrons. The molecule has 0 saturated carbocycles. The monoisotopic (exact) mass is 486 g/mol. The summed E-state index contributed by atoms with van der Waals surface area (Å²) in [4.78, 5) is 12.7. The Balaban J connectivity index is 1.96. The topological polar surface area (TPSA) is 84.9 Å². The van der Waals surface area contributed by atoms with Gasteiger partial charge in [0.05, 0.1) is 24.8 Å². The molecule has 0 aliphatic rings. The molecule has 0 aromatic heterocycles. The fraction of sp³-hybridized carbons (Fsp3) is 0.240. The van der Waals surface area contributed by atoms with E-state index in [-0.39, 0.29) is 16.3 Å². The lowest BCUT2D eigenvalue weighted by molar-refractivity contribution is -0.114. The summed E-state index contributed by atoms with van der Waals surface area (Å²) in [7, 11) is -1.54. The number of halogens is 1. The molecule has 0 atom stereocenters. The summed E-state index contributed by atoms with van der Waals surface area (Å²) < 4.78 is 52.9. The molecule has 1 amide bonds. The maximum Gasteiger partial charge on any atom is 0.265 e. The Morgan fingerprint density at radius 2 is 1.62 bits per heavy atom. The van der Waals surface area contributed by atoms with Gasteiger partial charge in [0.25, 0.3) is 10.0 Å². The second kappa shape index (κ2) is 10.6. The lowest BCUT2D eigenvalue weighted by Crippen LogP contribution is -2.38. The molecule has 34 heavy (non-hydrogen) atoms. The highest BCUT2D eigenvalue weighted by Crippen LogP contribution is 2.33. The van der Waals surface area contributed by atoms with E-state index in [4.69, 9.17) is 9.47 Å². The minimum atomic E-state index is -4.34. The smallest absolute Gasteiger partial charge is 0.265 e. The van der Waals surface area contributed by atoms with Gasteiger partial charge in [-0.15, -0.1) is 0 Å². The molecule has 9 heteroatoms. The third kappa shape index (κ3) is 5.48. The van der Waals surface area contributed by atoms with E-state index in [1.54, 1.807) is 12.1 Å². The zero-order valence-electron chi connectivity index (χ0n) is 19.4. The Morgan fingerprint density at radius 3 is 2.21 bits per heavy atom. The fourth-order valence-electron chi connectivity index (χ4n) is 3.34. The summed E-state index contributed by atoms with van der Waals surface area (Å²) in [6, 6.07) is 16.6. The summed E-state index contributed by atoms with van der Waals surface area (Å²) in [6.07, 6.45) is 0. The van der Waals surface area contributed by atoms with Gasteiger partial charge >= 0.3 is 0 Å². The summed E-state index contributed by atoms with van der Waals surface area (Å²) in [5.41, 5.74) is 1.36. The first kappa shape index (κ1) is 25.0. The number of ether oxygens (including phenoxy) is 2. The van der Waals surface area contributed by atoms with Gasteiger partial charge in [-0.25, -0.2) is 12.8 Å². The van der Waals surface area contributed by atoms with Crippen molar-refractivity contribution in [1.82, 2.24) is 0 Å². The minimum absolute atomic E-state index is 0.178. The van der Waals surface area contributed by atoms with Crippen LogP contribution in [0.4, 0.5) is 15.8 Å². The number of amides is 1. The molecule has 0 unspecified atom stereocenters. The Morgan fingerprint density at radius 1 is 0.971 bits per heavy atom. The number of anilines is 2. The second-order valence-electron chi connectivity index (χ2n) is 7.80. The van der Waals surface area contributed by atoms with Crippen molar-refractivity contribution < 1.29 is 27.1 Å². The number of carbonyl (C=O) groups is 1. The summed E-state index contributed by atoms with van der Waals surface area (Å²) >= 11 is 0. The molecule has 7 nitrogen and oxygen atoms in total. The maximum atomic E-state index is 14.7. The van der Waals surface area contributed by atoms with Crippen molar-refractivity contribution in [1.29, 1.82) is 0 Å². The minimum Gasteiger partial charge on any atom is -0.493 e. The molecule has 3 aromatic carbocycles. The third-order valence-corrected chi connectivity index (χ3v) is 6.97. The molecular formula is C25H27FN2O5S. The van der Waals surface area contributed by atoms with Gasteiger partial charge in [-0.2, -0.15) is 0 Å². The molecule has 3 rings (SSSR count). The van der Waals surface area contributed by atoms with E-state index < -0.39 is 28.3 Å². The summed E-state index contributed by atoms with van der Waals surface area (Å²) in [5, 5.41) is 2.68. The number of hydrogen-bond donors (Lipinski definition) is 1. The molecule has 1 N–H and O–H groups in total. The van der Waals surface area contributed by atoms with Crippen molar-refractivity contribution in [2.45, 2.75) is 24.7 Å². The summed E-state index contributed by atoms with van der Waals surface area (Å²) in [5.74, 6) is -0.550. The molecule has 0 aliphatic heterocycles. The molecule has 0 aliphatic carbocycles. The number of carbonyl (C=O) groups excluding carboxylic acids is 1. The fourth-order valence-corrected chi connectivity index (χ4v) is 4.78. The van der Waals surface area contributed by atoms with Gasteiger partial charge in [-0.05, 0) is 47.9 Å². The number of rotatable bonds is 9. The van der Waals surface area contributed by atoms with Crippen LogP contribution in [0.2, 0.25) is 0 Å². The zero-order valence-corrected chi connectivity index (χ0v) is 20.2. The van der Waals surface area contributed by atoms with Crippen molar-refractivity contribution in [3.8, 4) is 11.5 Å². The standard InChI is InChI=1S/C25H27FN2O5S/c1-17(2)18-9-11-19(12-10-18)27-25(29)16-28(22-8-6-5-7-21(22)26)34(30,31)20-13-14-23(32-3)24(15-20)33-4/h5-15,17H,16H2,1-4H3,(H,27,29). The predicted octanol–water partition coefficient (Wildman–Crippen LogP) is 4.80. The Bertz CT molecular complexity index is 1260. The second-order valence-corrected chi connectivity index (χ2v) is 9.67. The maximum absolute atomic E-state index is 14.7. The molecule has 0 heterocycles. The van der Waals surface area contributed by atoms with Crippen molar-refractivity contribution >= 4 is 27.3 Å². The van der Waals surface area contributed by atoms with Crippen molar-refractivity contribution in [3.05, 3.63) is 78.1 Å². The first-order chi connectivity index (χ1) is 16.2. The van der Waals surface area contributed by atoms with Crippen LogP contribution in [0.25, 0.3) is 0 Å². The lowest BCUT2D eigenvalue weighted by Gasteiger charge is -2.25. The highest BCUT2D eigenvalue weighted by Gasteiger charge is 2.30. The number of sulfonamides is 1. The number of para-hydroxylation sites is 1. The first-order valence-electron chi connectivity index (χ1n) is 10.6. The predicted molar refractivity (Wildman–Crippen MR) is 130 cm³/mol. The normalized spacial score (nSPS) is 11.2. The van der Waals surface area contributed by atoms with Gasteiger partial charge in [0.1, 0.15) is 12.4 Å². The van der Waals surface area contributed by atoms with E-state index >= 15 is 0 Å². The van der Waals surface area contributed by atoms with Gasteiger partial charge in [0.15, 0.2) is 11.5 Å². The number of nitrogens with zero attached hydrogens (tertiary/aromatic N) is 1. The van der Waals surface area contributed by atoms with Gasteiger partial charge < -0.3 is 14.8 Å². The average Bonchev–Trinajstić information content (AvgIpc) is 2.82. The van der Waals surface area contributed by atoms with Crippen LogP contribution in [0.5, 0.6) is 11.5 Å². The number of nitrogens with one attached hydrogen (secondary N) is 1. The van der Waals surface area contributed by atoms with Crippen LogP contribution in [0.15, 0.2) is 71.6 Å². The van der Waals surface area contributed by atoms with Crippen molar-refractivity contribution in [2.75, 3.05) is 30.4 Å². The van der Waals surface area contributed by atoms with E-state index in [1.165, 1.54) is 50.6 Å². The number of benzene rings is 3. The van der Waals surface area contributed by atoms with Crippen LogP contribution in [-0.4, -0.2) is 35.1 Å². The van der Waals surface area contributed by atoms with E-state index in [0.29, 0.717) is 17.4 Å². The molecule has 0 radical (unpaired) electrons. The molecule has 0 spiro atoms. The molecular weight excluding hydrogens is 459 g/mol. The van der Waals surface area contributed by atoms with Gasteiger partial charge in [0.2, 0.25) is 5.91 Å². The lowest BCUT2D eigenvalue weighted by atomic mass is 10.0. The van der Waals surface area contributed by atoms with Crippen LogP contribution < -0.4 is 19.1 Å². The van der Waals surface area contributed by atoms with Crippen LogP contribution >= 0.6 is 0 Å². The van der Waals surface area contributed by atoms with E-state index in [1.807, 2.05) is 12.1 Å². The summed E-state index contributed by atoms with van der Waals surface area (Å²) in [6.45, 7) is 3.47. The highest BCUT2D eigenvalue weighted by molar-refractivity contribution is 7.92. The Kier molecular flexibility index (Phi) is 7.78. The van der Waals surface area contributed by atoms with Crippen LogP contribution in [0, 0.1) is 5.82 Å². The molecule has 3 aromatic rings. The van der Waals surface area contributed by atoms with E-state index in [0.717, 1.165) is 15.9 Å². The quantitative estimate of drug-likeness (QED) is 0.470. The Labute approximate surface area is 199 Å². The number of hydrogen-bond acceptors (Lipinski definition) is 5. The van der Waals surface area contributed by atoms with Crippen LogP contribution in [0.1, 0.15) is 25.3 Å². The van der Waals surface area contributed by atoms with E-state index in [9.17, 15) is 17.6 Å². The van der Waals surface area contributed by atoms with Crippen molar-refractivity contribution in [3.63, 3.8) is 0 Å². The van der Waals surface area contributed by atoms with Crippen LogP contribution in [0.3, 0.4) is 0 Å². The van der Waals surface area contributed by atoms with Gasteiger partial charge in [0, 0.05) is 11.8 Å². The zero-order chi connectivity index (χ0) is 24.9. The largest absolute Gasteiger partial charge is 0.493 e. The molecule has 0 saturated heterocycles. The molecule has 0 bridgehead atoms. The number of methoxy groups -OCH3 is 2. The Hall–Kier alpha value is -3.59. The van der Waals surface area contributed by atoms with Gasteiger partial charge in [-0.3, -0.25) is 9.10 Å².